The first-order valence-corrected chi connectivity index (χ1v) is 20.7. The van der Waals surface area contributed by atoms with Crippen molar-refractivity contribution in [3.63, 3.8) is 0 Å². The van der Waals surface area contributed by atoms with Gasteiger partial charge < -0.3 is 19.1 Å². The van der Waals surface area contributed by atoms with E-state index in [9.17, 15) is 0 Å². The maximum Gasteiger partial charge on any atom is 0.135 e. The maximum absolute atomic E-state index is 6.58. The Morgan fingerprint density at radius 2 is 1.28 bits per heavy atom. The van der Waals surface area contributed by atoms with Gasteiger partial charge >= 0.3 is 0 Å². The molecule has 0 amide bonds. The van der Waals surface area contributed by atoms with E-state index in [1.54, 1.807) is 0 Å². The van der Waals surface area contributed by atoms with Crippen LogP contribution in [0.25, 0.3) is 49.9 Å². The molecular formula is C55H45N4OPt-3. The molecule has 5 nitrogen and oxygen atoms in total. The van der Waals surface area contributed by atoms with E-state index in [2.05, 4.69) is 206 Å². The number of benzene rings is 7. The van der Waals surface area contributed by atoms with Crippen LogP contribution in [-0.4, -0.2) is 16.1 Å². The van der Waals surface area contributed by atoms with Crippen LogP contribution < -0.4 is 14.5 Å². The summed E-state index contributed by atoms with van der Waals surface area (Å²) in [5.41, 5.74) is 12.9. The van der Waals surface area contributed by atoms with Crippen LogP contribution in [0.2, 0.25) is 0 Å². The molecule has 61 heavy (non-hydrogen) atoms. The van der Waals surface area contributed by atoms with Gasteiger partial charge in [0.25, 0.3) is 0 Å². The van der Waals surface area contributed by atoms with Crippen molar-refractivity contribution < 1.29 is 25.8 Å². The van der Waals surface area contributed by atoms with Crippen molar-refractivity contribution in [2.45, 2.75) is 39.0 Å². The van der Waals surface area contributed by atoms with E-state index < -0.39 is 0 Å². The van der Waals surface area contributed by atoms with Crippen LogP contribution in [0.15, 0.2) is 176 Å². The number of fused-ring (bicyclic) bond motifs is 4. The van der Waals surface area contributed by atoms with Crippen molar-refractivity contribution in [2.24, 2.45) is 0 Å². The van der Waals surface area contributed by atoms with Gasteiger partial charge in [-0.15, -0.1) is 41.4 Å². The molecule has 7 aromatic carbocycles. The third kappa shape index (κ3) is 7.87. The molecule has 0 aliphatic carbocycles. The minimum atomic E-state index is -0.0129. The third-order valence-electron chi connectivity index (χ3n) is 11.5. The molecule has 2 aromatic heterocycles. The quantitative estimate of drug-likeness (QED) is 0.128. The molecule has 0 bridgehead atoms. The Balaban J connectivity index is 0.00000476. The van der Waals surface area contributed by atoms with Gasteiger partial charge in [-0.1, -0.05) is 135 Å². The van der Waals surface area contributed by atoms with E-state index in [0.717, 1.165) is 58.4 Å². The fraction of sp³-hybridized carbons (Fsp3) is 0.127. The Morgan fingerprint density at radius 1 is 0.623 bits per heavy atom. The predicted molar refractivity (Wildman–Crippen MR) is 247 cm³/mol. The normalized spacial score (nSPS) is 12.4. The second-order valence-corrected chi connectivity index (χ2v) is 16.4. The van der Waals surface area contributed by atoms with Gasteiger partial charge in [0.1, 0.15) is 5.82 Å². The minimum absolute atomic E-state index is 0. The number of nitrogens with zero attached hydrogens (tertiary/aromatic N) is 4. The number of hydrogen-bond acceptors (Lipinski definition) is 4. The van der Waals surface area contributed by atoms with Crippen LogP contribution in [0.1, 0.15) is 38.3 Å². The van der Waals surface area contributed by atoms with Gasteiger partial charge in [0, 0.05) is 55.7 Å². The van der Waals surface area contributed by atoms with Crippen LogP contribution in [0.4, 0.5) is 17.1 Å². The monoisotopic (exact) mass is 972 g/mol. The van der Waals surface area contributed by atoms with E-state index in [1.807, 2.05) is 24.4 Å². The predicted octanol–water partition coefficient (Wildman–Crippen LogP) is 13.9. The summed E-state index contributed by atoms with van der Waals surface area (Å²) >= 11 is 0. The summed E-state index contributed by atoms with van der Waals surface area (Å²) in [5.74, 6) is 2.10. The Labute approximate surface area is 373 Å². The fourth-order valence-electron chi connectivity index (χ4n) is 8.54. The van der Waals surface area contributed by atoms with Gasteiger partial charge in [-0.3, -0.25) is 0 Å². The fourth-order valence-corrected chi connectivity index (χ4v) is 8.54. The molecule has 3 heterocycles. The molecule has 0 radical (unpaired) electrons. The average Bonchev–Trinajstić information content (AvgIpc) is 3.82. The van der Waals surface area contributed by atoms with Gasteiger partial charge in [-0.05, 0) is 93.9 Å². The van der Waals surface area contributed by atoms with Crippen LogP contribution >= 0.6 is 0 Å². The van der Waals surface area contributed by atoms with Crippen molar-refractivity contribution in [1.82, 2.24) is 9.55 Å². The molecule has 0 N–H and O–H groups in total. The average molecular weight is 973 g/mol. The number of para-hydroxylation sites is 3. The molecule has 0 fully saturated rings. The Hall–Kier alpha value is -6.42. The van der Waals surface area contributed by atoms with E-state index in [0.29, 0.717) is 11.5 Å². The zero-order valence-electron chi connectivity index (χ0n) is 34.5. The van der Waals surface area contributed by atoms with Crippen molar-refractivity contribution in [3.05, 3.63) is 206 Å². The zero-order valence-corrected chi connectivity index (χ0v) is 36.7. The number of ether oxygens (including phenoxy) is 1. The first-order valence-electron chi connectivity index (χ1n) is 20.7. The van der Waals surface area contributed by atoms with E-state index in [-0.39, 0.29) is 26.5 Å². The zero-order chi connectivity index (χ0) is 40.6. The summed E-state index contributed by atoms with van der Waals surface area (Å²) in [7, 11) is 0. The largest absolute Gasteiger partial charge is 0.509 e. The number of anilines is 3. The molecule has 1 aliphatic heterocycles. The van der Waals surface area contributed by atoms with Gasteiger partial charge in [0.05, 0.1) is 0 Å². The Kier molecular flexibility index (Phi) is 11.1. The molecule has 1 aliphatic rings. The molecule has 10 rings (SSSR count). The third-order valence-corrected chi connectivity index (χ3v) is 11.5. The first-order chi connectivity index (χ1) is 29.4. The molecule has 0 spiro atoms. The number of rotatable bonds is 10. The molecule has 0 saturated carbocycles. The molecule has 0 saturated heterocycles. The van der Waals surface area contributed by atoms with Crippen LogP contribution in [0.3, 0.4) is 0 Å². The molecule has 9 aromatic rings. The van der Waals surface area contributed by atoms with Gasteiger partial charge in [0.2, 0.25) is 0 Å². The Morgan fingerprint density at radius 3 is 2.02 bits per heavy atom. The summed E-state index contributed by atoms with van der Waals surface area (Å²) in [5, 5.41) is 2.25. The minimum Gasteiger partial charge on any atom is -0.509 e. The van der Waals surface area contributed by atoms with E-state index in [4.69, 9.17) is 9.72 Å². The van der Waals surface area contributed by atoms with E-state index >= 15 is 0 Å². The standard InChI is InChI=1S/C55H45N4O.Pt/c1-55(2,3)41-32-33-56-54(35-41)59-50-27-11-10-23-48(50)49-31-30-44(37-53(49)59)60-43-22-14-21-42(36-43)58-38-57(51-28-12-13-29-52(51)58)34-16-26-47-45(39-17-6-4-7-18-39)24-15-25-46(47)40-19-8-5-9-20-40;/h4-15,17-25,27-33,35,38H,16,26,34H2,1-3H3;/q-3;. The van der Waals surface area contributed by atoms with E-state index in [1.165, 1.54) is 39.1 Å². The summed E-state index contributed by atoms with van der Waals surface area (Å²) in [4.78, 5) is 9.42. The summed E-state index contributed by atoms with van der Waals surface area (Å²) in [6.45, 7) is 9.75. The molecule has 0 unspecified atom stereocenters. The second-order valence-electron chi connectivity index (χ2n) is 16.4. The van der Waals surface area contributed by atoms with Crippen LogP contribution in [-0.2, 0) is 32.9 Å². The number of hydrogen-bond donors (Lipinski definition) is 0. The maximum atomic E-state index is 6.58. The van der Waals surface area contributed by atoms with Crippen LogP contribution in [0.5, 0.6) is 11.5 Å². The van der Waals surface area contributed by atoms with Crippen molar-refractivity contribution in [3.8, 4) is 39.6 Å². The summed E-state index contributed by atoms with van der Waals surface area (Å²) in [6, 6.07) is 67.0. The smallest absolute Gasteiger partial charge is 0.135 e. The number of aromatic nitrogens is 2. The van der Waals surface area contributed by atoms with Crippen molar-refractivity contribution >= 4 is 38.9 Å². The van der Waals surface area contributed by atoms with Crippen molar-refractivity contribution in [2.75, 3.05) is 16.3 Å². The van der Waals surface area contributed by atoms with Crippen molar-refractivity contribution in [1.29, 1.82) is 0 Å². The molecule has 0 atom stereocenters. The Bertz CT molecular complexity index is 2910. The molecule has 6 heteroatoms. The first kappa shape index (κ1) is 40.0. The van der Waals surface area contributed by atoms with Gasteiger partial charge in [-0.25, -0.2) is 4.98 Å². The van der Waals surface area contributed by atoms with Gasteiger partial charge in [-0.2, -0.15) is 18.8 Å². The molecular weight excluding hydrogens is 928 g/mol. The topological polar surface area (TPSA) is 33.5 Å². The van der Waals surface area contributed by atoms with Gasteiger partial charge in [0.15, 0.2) is 0 Å². The summed E-state index contributed by atoms with van der Waals surface area (Å²) in [6.07, 6.45) is 3.81. The summed E-state index contributed by atoms with van der Waals surface area (Å²) < 4.78 is 8.77. The number of pyridine rings is 1. The molecule has 304 valence electrons. The SMILES string of the molecule is CC(C)(C)c1ccnc(-n2c3[c-]c(Oc4[c-]c(N5[CH-]N(CCCc6c(-c7ccccc7)cccc6-c6ccccc6)c6ccccc65)ccc4)ccc3c3ccccc32)c1.[Pt]. The second kappa shape index (κ2) is 16.9. The van der Waals surface area contributed by atoms with Crippen LogP contribution in [0, 0.1) is 18.8 Å².